The summed E-state index contributed by atoms with van der Waals surface area (Å²) in [6, 6.07) is 0.543. The lowest BCUT2D eigenvalue weighted by Gasteiger charge is -2.04. The lowest BCUT2D eigenvalue weighted by Crippen LogP contribution is -2.13. The van der Waals surface area contributed by atoms with Crippen molar-refractivity contribution < 1.29 is 0 Å². The minimum absolute atomic E-state index is 0.543. The van der Waals surface area contributed by atoms with Crippen molar-refractivity contribution in [3.05, 3.63) is 16.1 Å². The van der Waals surface area contributed by atoms with E-state index in [-0.39, 0.29) is 0 Å². The van der Waals surface area contributed by atoms with E-state index in [1.807, 2.05) is 0 Å². The van der Waals surface area contributed by atoms with Crippen molar-refractivity contribution in [1.82, 2.24) is 10.3 Å². The molecule has 2 heterocycles. The highest BCUT2D eigenvalue weighted by molar-refractivity contribution is 7.09. The smallest absolute Gasteiger partial charge is 0.0926 e. The van der Waals surface area contributed by atoms with Gasteiger partial charge in [0.2, 0.25) is 0 Å². The summed E-state index contributed by atoms with van der Waals surface area (Å²) in [6.45, 7) is 3.31. The molecule has 1 saturated heterocycles. The summed E-state index contributed by atoms with van der Waals surface area (Å²) in [7, 11) is 0. The summed E-state index contributed by atoms with van der Waals surface area (Å²) in [6.07, 6.45) is 3.62. The number of hydrogen-bond acceptors (Lipinski definition) is 3. The molecule has 0 spiro atoms. The number of rotatable bonds is 2. The topological polar surface area (TPSA) is 24.9 Å². The number of thiazole rings is 1. The fraction of sp³-hybridized carbons (Fsp3) is 0.667. The molecular weight excluding hydrogens is 168 g/mol. The maximum absolute atomic E-state index is 4.57. The van der Waals surface area contributed by atoms with Crippen LogP contribution in [-0.2, 0) is 6.42 Å². The first-order chi connectivity index (χ1) is 5.90. The van der Waals surface area contributed by atoms with Gasteiger partial charge in [-0.3, -0.25) is 0 Å². The third-order valence-electron chi connectivity index (χ3n) is 2.29. The fourth-order valence-corrected chi connectivity index (χ4v) is 2.38. The SMILES string of the molecule is CCc1nc([C@@H]2CCCN2)cs1. The zero-order chi connectivity index (χ0) is 8.39. The van der Waals surface area contributed by atoms with Crippen LogP contribution in [0.1, 0.15) is 36.5 Å². The average Bonchev–Trinajstić information content (AvgIpc) is 2.75. The Kier molecular flexibility index (Phi) is 2.42. The van der Waals surface area contributed by atoms with Gasteiger partial charge in [0.25, 0.3) is 0 Å². The molecule has 0 amide bonds. The van der Waals surface area contributed by atoms with Gasteiger partial charge in [-0.05, 0) is 25.8 Å². The first kappa shape index (κ1) is 8.20. The van der Waals surface area contributed by atoms with Gasteiger partial charge < -0.3 is 5.32 Å². The van der Waals surface area contributed by atoms with Crippen molar-refractivity contribution in [2.45, 2.75) is 32.2 Å². The lowest BCUT2D eigenvalue weighted by molar-refractivity contribution is 0.630. The normalized spacial score (nSPS) is 23.2. The van der Waals surface area contributed by atoms with Crippen LogP contribution < -0.4 is 5.32 Å². The van der Waals surface area contributed by atoms with Gasteiger partial charge in [-0.1, -0.05) is 6.92 Å². The second-order valence-electron chi connectivity index (χ2n) is 3.17. The van der Waals surface area contributed by atoms with Crippen LogP contribution >= 0.6 is 11.3 Å². The second-order valence-corrected chi connectivity index (χ2v) is 4.11. The number of nitrogens with one attached hydrogen (secondary N) is 1. The minimum Gasteiger partial charge on any atom is -0.309 e. The van der Waals surface area contributed by atoms with E-state index in [9.17, 15) is 0 Å². The molecule has 1 N–H and O–H groups in total. The Bertz CT molecular complexity index is 251. The van der Waals surface area contributed by atoms with E-state index in [0.717, 1.165) is 13.0 Å². The third kappa shape index (κ3) is 1.52. The summed E-state index contributed by atoms with van der Waals surface area (Å²) < 4.78 is 0. The standard InChI is InChI=1S/C9H14N2S/c1-2-9-11-8(6-12-9)7-4-3-5-10-7/h6-7,10H,2-5H2,1H3/t7-/m0/s1. The highest BCUT2D eigenvalue weighted by Gasteiger charge is 2.18. The Labute approximate surface area is 77.0 Å². The summed E-state index contributed by atoms with van der Waals surface area (Å²) in [5.74, 6) is 0. The molecule has 66 valence electrons. The Morgan fingerprint density at radius 2 is 2.67 bits per heavy atom. The molecule has 0 aliphatic carbocycles. The van der Waals surface area contributed by atoms with Gasteiger partial charge in [-0.15, -0.1) is 11.3 Å². The Balaban J connectivity index is 2.11. The molecule has 3 heteroatoms. The van der Waals surface area contributed by atoms with E-state index in [2.05, 4.69) is 22.6 Å². The second kappa shape index (κ2) is 3.54. The highest BCUT2D eigenvalue weighted by Crippen LogP contribution is 2.24. The molecule has 2 rings (SSSR count). The van der Waals surface area contributed by atoms with Crippen LogP contribution in [0.3, 0.4) is 0 Å². The van der Waals surface area contributed by atoms with Gasteiger partial charge in [0.15, 0.2) is 0 Å². The molecule has 2 nitrogen and oxygen atoms in total. The molecule has 1 fully saturated rings. The van der Waals surface area contributed by atoms with Crippen LogP contribution in [0.5, 0.6) is 0 Å². The Hall–Kier alpha value is -0.410. The Morgan fingerprint density at radius 3 is 3.25 bits per heavy atom. The first-order valence-corrected chi connectivity index (χ1v) is 5.46. The third-order valence-corrected chi connectivity index (χ3v) is 3.30. The summed E-state index contributed by atoms with van der Waals surface area (Å²) in [5.41, 5.74) is 1.26. The van der Waals surface area contributed by atoms with Gasteiger partial charge in [-0.25, -0.2) is 4.98 Å². The number of aromatic nitrogens is 1. The minimum atomic E-state index is 0.543. The molecule has 0 aromatic carbocycles. The summed E-state index contributed by atoms with van der Waals surface area (Å²) in [4.78, 5) is 4.57. The predicted octanol–water partition coefficient (Wildman–Crippen LogP) is 2.13. The molecule has 1 aromatic heterocycles. The first-order valence-electron chi connectivity index (χ1n) is 4.58. The van der Waals surface area contributed by atoms with Crippen LogP contribution in [0.15, 0.2) is 5.38 Å². The quantitative estimate of drug-likeness (QED) is 0.758. The number of nitrogens with zero attached hydrogens (tertiary/aromatic N) is 1. The van der Waals surface area contributed by atoms with E-state index in [1.54, 1.807) is 11.3 Å². The van der Waals surface area contributed by atoms with Gasteiger partial charge in [0.05, 0.1) is 16.7 Å². The van der Waals surface area contributed by atoms with Gasteiger partial charge in [-0.2, -0.15) is 0 Å². The van der Waals surface area contributed by atoms with Crippen molar-refractivity contribution in [3.8, 4) is 0 Å². The van der Waals surface area contributed by atoms with Crippen LogP contribution in [0, 0.1) is 0 Å². The summed E-state index contributed by atoms with van der Waals surface area (Å²) in [5, 5.41) is 6.91. The van der Waals surface area contributed by atoms with Crippen molar-refractivity contribution in [1.29, 1.82) is 0 Å². The molecule has 0 unspecified atom stereocenters. The molecule has 1 aliphatic rings. The van der Waals surface area contributed by atoms with Gasteiger partial charge in [0.1, 0.15) is 0 Å². The molecular formula is C9H14N2S. The maximum Gasteiger partial charge on any atom is 0.0926 e. The van der Waals surface area contributed by atoms with Crippen molar-refractivity contribution >= 4 is 11.3 Å². The van der Waals surface area contributed by atoms with E-state index in [0.29, 0.717) is 6.04 Å². The van der Waals surface area contributed by atoms with Crippen LogP contribution in [0.25, 0.3) is 0 Å². The number of aryl methyl sites for hydroxylation is 1. The van der Waals surface area contributed by atoms with E-state index in [4.69, 9.17) is 0 Å². The Morgan fingerprint density at radius 1 is 1.75 bits per heavy atom. The maximum atomic E-state index is 4.57. The summed E-state index contributed by atoms with van der Waals surface area (Å²) >= 11 is 1.79. The van der Waals surface area contributed by atoms with Crippen molar-refractivity contribution in [2.24, 2.45) is 0 Å². The van der Waals surface area contributed by atoms with Gasteiger partial charge >= 0.3 is 0 Å². The lowest BCUT2D eigenvalue weighted by atomic mass is 10.2. The molecule has 0 saturated carbocycles. The zero-order valence-electron chi connectivity index (χ0n) is 7.34. The monoisotopic (exact) mass is 182 g/mol. The van der Waals surface area contributed by atoms with Crippen LogP contribution in [0.4, 0.5) is 0 Å². The fourth-order valence-electron chi connectivity index (χ4n) is 1.58. The molecule has 0 bridgehead atoms. The van der Waals surface area contributed by atoms with E-state index < -0.39 is 0 Å². The molecule has 1 atom stereocenters. The van der Waals surface area contributed by atoms with Crippen LogP contribution in [-0.4, -0.2) is 11.5 Å². The number of hydrogen-bond donors (Lipinski definition) is 1. The zero-order valence-corrected chi connectivity index (χ0v) is 8.16. The van der Waals surface area contributed by atoms with Crippen LogP contribution in [0.2, 0.25) is 0 Å². The largest absolute Gasteiger partial charge is 0.309 e. The average molecular weight is 182 g/mol. The molecule has 1 aliphatic heterocycles. The van der Waals surface area contributed by atoms with Crippen molar-refractivity contribution in [3.63, 3.8) is 0 Å². The molecule has 12 heavy (non-hydrogen) atoms. The molecule has 0 radical (unpaired) electrons. The van der Waals surface area contributed by atoms with E-state index >= 15 is 0 Å². The van der Waals surface area contributed by atoms with Gasteiger partial charge in [0, 0.05) is 5.38 Å². The molecule has 1 aromatic rings. The highest BCUT2D eigenvalue weighted by atomic mass is 32.1. The van der Waals surface area contributed by atoms with Crippen molar-refractivity contribution in [2.75, 3.05) is 6.54 Å². The predicted molar refractivity (Wildman–Crippen MR) is 51.5 cm³/mol. The van der Waals surface area contributed by atoms with E-state index in [1.165, 1.54) is 23.5 Å².